The van der Waals surface area contributed by atoms with Crippen molar-refractivity contribution >= 4 is 0 Å². The molecule has 0 spiro atoms. The SMILES string of the molecule is C=CCC(C)NCC(O)c1cccc(F)c1. The summed E-state index contributed by atoms with van der Waals surface area (Å²) in [6.45, 7) is 6.07. The zero-order valence-corrected chi connectivity index (χ0v) is 9.49. The summed E-state index contributed by atoms with van der Waals surface area (Å²) in [5.74, 6) is -0.323. The number of rotatable bonds is 6. The predicted octanol–water partition coefficient (Wildman–Crippen LogP) is 2.41. The maximum atomic E-state index is 12.9. The molecule has 88 valence electrons. The second kappa shape index (κ2) is 6.40. The highest BCUT2D eigenvalue weighted by Gasteiger charge is 2.09. The highest BCUT2D eigenvalue weighted by atomic mass is 19.1. The molecular formula is C13H18FNO. The molecule has 0 aliphatic rings. The van der Waals surface area contributed by atoms with Crippen LogP contribution in [0.5, 0.6) is 0 Å². The highest BCUT2D eigenvalue weighted by Crippen LogP contribution is 2.13. The molecule has 2 N–H and O–H groups in total. The maximum Gasteiger partial charge on any atom is 0.123 e. The lowest BCUT2D eigenvalue weighted by atomic mass is 10.1. The van der Waals surface area contributed by atoms with Crippen LogP contribution in [-0.4, -0.2) is 17.7 Å². The molecule has 0 aromatic heterocycles. The first-order valence-corrected chi connectivity index (χ1v) is 5.41. The standard InChI is InChI=1S/C13H18FNO/c1-3-5-10(2)15-9-13(16)11-6-4-7-12(14)8-11/h3-4,6-8,10,13,15-16H,1,5,9H2,2H3. The molecule has 1 rings (SSSR count). The Bertz CT molecular complexity index is 340. The first kappa shape index (κ1) is 12.9. The van der Waals surface area contributed by atoms with Gasteiger partial charge in [0.2, 0.25) is 0 Å². The zero-order chi connectivity index (χ0) is 12.0. The lowest BCUT2D eigenvalue weighted by Gasteiger charge is -2.16. The molecule has 0 bridgehead atoms. The van der Waals surface area contributed by atoms with Gasteiger partial charge in [0.25, 0.3) is 0 Å². The van der Waals surface area contributed by atoms with Gasteiger partial charge < -0.3 is 10.4 Å². The van der Waals surface area contributed by atoms with E-state index in [0.29, 0.717) is 12.1 Å². The number of aliphatic hydroxyl groups excluding tert-OH is 1. The Morgan fingerprint density at radius 3 is 2.94 bits per heavy atom. The Hall–Kier alpha value is -1.19. The van der Waals surface area contributed by atoms with Gasteiger partial charge in [-0.1, -0.05) is 18.2 Å². The van der Waals surface area contributed by atoms with Gasteiger partial charge in [-0.25, -0.2) is 4.39 Å². The van der Waals surface area contributed by atoms with E-state index in [1.165, 1.54) is 12.1 Å². The third kappa shape index (κ3) is 4.13. The number of hydrogen-bond acceptors (Lipinski definition) is 2. The number of halogens is 1. The lowest BCUT2D eigenvalue weighted by Crippen LogP contribution is -2.29. The van der Waals surface area contributed by atoms with Crippen molar-refractivity contribution in [2.24, 2.45) is 0 Å². The van der Waals surface area contributed by atoms with Crippen molar-refractivity contribution in [3.63, 3.8) is 0 Å². The molecular weight excluding hydrogens is 205 g/mol. The lowest BCUT2D eigenvalue weighted by molar-refractivity contribution is 0.170. The minimum Gasteiger partial charge on any atom is -0.387 e. The van der Waals surface area contributed by atoms with Crippen molar-refractivity contribution in [1.29, 1.82) is 0 Å². The molecule has 0 saturated carbocycles. The van der Waals surface area contributed by atoms with E-state index in [0.717, 1.165) is 6.42 Å². The maximum absolute atomic E-state index is 12.9. The molecule has 2 atom stereocenters. The van der Waals surface area contributed by atoms with Crippen molar-refractivity contribution in [2.45, 2.75) is 25.5 Å². The molecule has 2 nitrogen and oxygen atoms in total. The van der Waals surface area contributed by atoms with E-state index in [4.69, 9.17) is 0 Å². The molecule has 2 unspecified atom stereocenters. The summed E-state index contributed by atoms with van der Waals surface area (Å²) in [5, 5.41) is 13.0. The molecule has 1 aromatic rings. The Morgan fingerprint density at radius 1 is 1.56 bits per heavy atom. The zero-order valence-electron chi connectivity index (χ0n) is 9.49. The van der Waals surface area contributed by atoms with Crippen molar-refractivity contribution in [3.05, 3.63) is 48.3 Å². The number of benzene rings is 1. The molecule has 16 heavy (non-hydrogen) atoms. The normalized spacial score (nSPS) is 14.4. The molecule has 0 aliphatic heterocycles. The van der Waals surface area contributed by atoms with Crippen LogP contribution in [0.25, 0.3) is 0 Å². The van der Waals surface area contributed by atoms with E-state index < -0.39 is 6.10 Å². The van der Waals surface area contributed by atoms with E-state index >= 15 is 0 Å². The van der Waals surface area contributed by atoms with Gasteiger partial charge in [0.15, 0.2) is 0 Å². The number of nitrogens with one attached hydrogen (secondary N) is 1. The molecule has 0 fully saturated rings. The Labute approximate surface area is 95.8 Å². The second-order valence-electron chi connectivity index (χ2n) is 3.90. The summed E-state index contributed by atoms with van der Waals surface area (Å²) in [4.78, 5) is 0. The third-order valence-electron chi connectivity index (χ3n) is 2.41. The van der Waals surface area contributed by atoms with Gasteiger partial charge >= 0.3 is 0 Å². The first-order chi connectivity index (χ1) is 7.63. The highest BCUT2D eigenvalue weighted by molar-refractivity contribution is 5.18. The Morgan fingerprint density at radius 2 is 2.31 bits per heavy atom. The van der Waals surface area contributed by atoms with Crippen LogP contribution in [0, 0.1) is 5.82 Å². The summed E-state index contributed by atoms with van der Waals surface area (Å²) in [6, 6.07) is 6.30. The van der Waals surface area contributed by atoms with Gasteiger partial charge in [-0.2, -0.15) is 0 Å². The summed E-state index contributed by atoms with van der Waals surface area (Å²) < 4.78 is 12.9. The van der Waals surface area contributed by atoms with Crippen LogP contribution in [0.3, 0.4) is 0 Å². The van der Waals surface area contributed by atoms with Crippen molar-refractivity contribution in [1.82, 2.24) is 5.32 Å². The topological polar surface area (TPSA) is 32.3 Å². The Kier molecular flexibility index (Phi) is 5.15. The van der Waals surface area contributed by atoms with Crippen LogP contribution < -0.4 is 5.32 Å². The molecule has 0 amide bonds. The van der Waals surface area contributed by atoms with Crippen LogP contribution in [0.15, 0.2) is 36.9 Å². The molecule has 1 aromatic carbocycles. The average molecular weight is 223 g/mol. The van der Waals surface area contributed by atoms with Crippen LogP contribution in [-0.2, 0) is 0 Å². The fraction of sp³-hybridized carbons (Fsp3) is 0.385. The van der Waals surface area contributed by atoms with Crippen LogP contribution in [0.1, 0.15) is 25.0 Å². The van der Waals surface area contributed by atoms with Gasteiger partial charge in [-0.3, -0.25) is 0 Å². The molecule has 3 heteroatoms. The van der Waals surface area contributed by atoms with Crippen molar-refractivity contribution in [3.8, 4) is 0 Å². The molecule has 0 saturated heterocycles. The predicted molar refractivity (Wildman–Crippen MR) is 63.6 cm³/mol. The fourth-order valence-electron chi connectivity index (χ4n) is 1.48. The fourth-order valence-corrected chi connectivity index (χ4v) is 1.48. The summed E-state index contributed by atoms with van der Waals surface area (Å²) >= 11 is 0. The molecule has 0 heterocycles. The summed E-state index contributed by atoms with van der Waals surface area (Å²) in [6.07, 6.45) is 1.99. The van der Waals surface area contributed by atoms with Crippen LogP contribution in [0.2, 0.25) is 0 Å². The number of aliphatic hydroxyl groups is 1. The van der Waals surface area contributed by atoms with Crippen molar-refractivity contribution < 1.29 is 9.50 Å². The van der Waals surface area contributed by atoms with Gasteiger partial charge in [-0.05, 0) is 31.0 Å². The van der Waals surface area contributed by atoms with E-state index in [1.54, 1.807) is 12.1 Å². The van der Waals surface area contributed by atoms with E-state index in [9.17, 15) is 9.50 Å². The van der Waals surface area contributed by atoms with Gasteiger partial charge in [0, 0.05) is 12.6 Å². The van der Waals surface area contributed by atoms with Crippen LogP contribution >= 0.6 is 0 Å². The van der Waals surface area contributed by atoms with Crippen molar-refractivity contribution in [2.75, 3.05) is 6.54 Å². The second-order valence-corrected chi connectivity index (χ2v) is 3.90. The third-order valence-corrected chi connectivity index (χ3v) is 2.41. The Balaban J connectivity index is 2.46. The first-order valence-electron chi connectivity index (χ1n) is 5.41. The number of hydrogen-bond donors (Lipinski definition) is 2. The minimum atomic E-state index is -0.678. The average Bonchev–Trinajstić information content (AvgIpc) is 2.26. The summed E-state index contributed by atoms with van der Waals surface area (Å²) in [7, 11) is 0. The smallest absolute Gasteiger partial charge is 0.123 e. The summed E-state index contributed by atoms with van der Waals surface area (Å²) in [5.41, 5.74) is 0.596. The monoisotopic (exact) mass is 223 g/mol. The molecule has 0 radical (unpaired) electrons. The van der Waals surface area contributed by atoms with E-state index in [2.05, 4.69) is 11.9 Å². The van der Waals surface area contributed by atoms with Gasteiger partial charge in [0.1, 0.15) is 5.82 Å². The van der Waals surface area contributed by atoms with Crippen LogP contribution in [0.4, 0.5) is 4.39 Å². The molecule has 0 aliphatic carbocycles. The van der Waals surface area contributed by atoms with Gasteiger partial charge in [-0.15, -0.1) is 6.58 Å². The minimum absolute atomic E-state index is 0.265. The van der Waals surface area contributed by atoms with E-state index in [1.807, 2.05) is 13.0 Å². The quantitative estimate of drug-likeness (QED) is 0.726. The van der Waals surface area contributed by atoms with E-state index in [-0.39, 0.29) is 11.9 Å². The largest absolute Gasteiger partial charge is 0.387 e. The van der Waals surface area contributed by atoms with Gasteiger partial charge in [0.05, 0.1) is 6.10 Å².